The van der Waals surface area contributed by atoms with E-state index in [4.69, 9.17) is 4.74 Å². The molecular weight excluding hydrogens is 234 g/mol. The Morgan fingerprint density at radius 2 is 1.82 bits per heavy atom. The minimum Gasteiger partial charge on any atom is -0.468 e. The number of hydrogen-bond donors (Lipinski definition) is 2. The molecule has 0 aliphatic heterocycles. The van der Waals surface area contributed by atoms with E-state index >= 15 is 0 Å². The van der Waals surface area contributed by atoms with E-state index in [1.165, 1.54) is 20.0 Å². The molecule has 1 aliphatic rings. The molecule has 3 nitrogen and oxygen atoms in total. The van der Waals surface area contributed by atoms with Gasteiger partial charge in [-0.1, -0.05) is 27.7 Å². The van der Waals surface area contributed by atoms with Crippen molar-refractivity contribution in [2.24, 2.45) is 10.8 Å². The molecule has 0 unspecified atom stereocenters. The Labute approximate surface area is 110 Å². The van der Waals surface area contributed by atoms with Crippen LogP contribution in [0.5, 0.6) is 0 Å². The minimum absolute atomic E-state index is 0.207. The Hall–Kier alpha value is -0.220. The van der Waals surface area contributed by atoms with Crippen LogP contribution >= 0.6 is 12.6 Å². The first-order chi connectivity index (χ1) is 7.74. The van der Waals surface area contributed by atoms with Gasteiger partial charge in [0.2, 0.25) is 0 Å². The molecule has 0 heterocycles. The van der Waals surface area contributed by atoms with Crippen molar-refractivity contribution in [1.29, 1.82) is 0 Å². The molecule has 1 atom stereocenters. The van der Waals surface area contributed by atoms with Crippen molar-refractivity contribution in [1.82, 2.24) is 5.32 Å². The molecule has 0 saturated heterocycles. The number of nitrogens with one attached hydrogen (secondary N) is 1. The van der Waals surface area contributed by atoms with Crippen molar-refractivity contribution in [3.8, 4) is 0 Å². The third kappa shape index (κ3) is 3.16. The van der Waals surface area contributed by atoms with Gasteiger partial charge >= 0.3 is 5.97 Å². The summed E-state index contributed by atoms with van der Waals surface area (Å²) in [7, 11) is 1.42. The minimum atomic E-state index is -0.315. The first-order valence-electron chi connectivity index (χ1n) is 6.19. The Bertz CT molecular complexity index is 273. The molecule has 100 valence electrons. The fourth-order valence-electron chi connectivity index (χ4n) is 2.98. The van der Waals surface area contributed by atoms with Gasteiger partial charge in [-0.15, -0.1) is 0 Å². The summed E-state index contributed by atoms with van der Waals surface area (Å²) in [6.45, 7) is 9.02. The second kappa shape index (κ2) is 5.19. The highest BCUT2D eigenvalue weighted by Crippen LogP contribution is 2.48. The van der Waals surface area contributed by atoms with Crippen LogP contribution in [0.1, 0.15) is 40.5 Å². The first-order valence-corrected chi connectivity index (χ1v) is 6.82. The van der Waals surface area contributed by atoms with Gasteiger partial charge in [-0.05, 0) is 23.7 Å². The highest BCUT2D eigenvalue weighted by atomic mass is 32.1. The molecule has 17 heavy (non-hydrogen) atoms. The van der Waals surface area contributed by atoms with Crippen LogP contribution in [-0.4, -0.2) is 30.9 Å². The van der Waals surface area contributed by atoms with E-state index in [1.807, 2.05) is 0 Å². The van der Waals surface area contributed by atoms with Crippen LogP contribution in [0.4, 0.5) is 0 Å². The first kappa shape index (κ1) is 14.8. The van der Waals surface area contributed by atoms with Crippen molar-refractivity contribution in [3.63, 3.8) is 0 Å². The van der Waals surface area contributed by atoms with Crippen LogP contribution in [0.25, 0.3) is 0 Å². The molecule has 0 radical (unpaired) electrons. The molecule has 1 rings (SSSR count). The summed E-state index contributed by atoms with van der Waals surface area (Å²) >= 11 is 4.23. The zero-order valence-electron chi connectivity index (χ0n) is 11.5. The second-order valence-electron chi connectivity index (χ2n) is 6.34. The van der Waals surface area contributed by atoms with E-state index in [0.29, 0.717) is 11.8 Å². The van der Waals surface area contributed by atoms with Crippen LogP contribution in [0.2, 0.25) is 0 Å². The van der Waals surface area contributed by atoms with E-state index in [-0.39, 0.29) is 22.8 Å². The highest BCUT2D eigenvalue weighted by molar-refractivity contribution is 7.80. The number of esters is 1. The summed E-state index contributed by atoms with van der Waals surface area (Å²) in [5.74, 6) is 0.244. The van der Waals surface area contributed by atoms with Crippen molar-refractivity contribution in [2.75, 3.05) is 12.9 Å². The number of carbonyl (C=O) groups excluding carboxylic acids is 1. The molecule has 1 aliphatic carbocycles. The van der Waals surface area contributed by atoms with Gasteiger partial charge < -0.3 is 4.74 Å². The van der Waals surface area contributed by atoms with Gasteiger partial charge in [0.1, 0.15) is 6.04 Å². The highest BCUT2D eigenvalue weighted by Gasteiger charge is 2.47. The van der Waals surface area contributed by atoms with Crippen LogP contribution in [0.15, 0.2) is 0 Å². The summed E-state index contributed by atoms with van der Waals surface area (Å²) < 4.78 is 4.80. The lowest BCUT2D eigenvalue weighted by Gasteiger charge is -2.38. The molecule has 1 fully saturated rings. The fraction of sp³-hybridized carbons (Fsp3) is 0.923. The van der Waals surface area contributed by atoms with Crippen LogP contribution in [0.3, 0.4) is 0 Å². The molecule has 0 aromatic rings. The van der Waals surface area contributed by atoms with Crippen molar-refractivity contribution in [2.45, 2.75) is 52.6 Å². The van der Waals surface area contributed by atoms with Crippen molar-refractivity contribution >= 4 is 18.6 Å². The molecule has 0 bridgehead atoms. The number of rotatable bonds is 4. The molecule has 0 aromatic carbocycles. The largest absolute Gasteiger partial charge is 0.468 e. The summed E-state index contributed by atoms with van der Waals surface area (Å²) in [6.07, 6.45) is 2.36. The SMILES string of the molecule is COC(=O)[C@H](CS)NC1C(C)(C)CCC1(C)C. The predicted octanol–water partition coefficient (Wildman–Crippen LogP) is 2.26. The fourth-order valence-corrected chi connectivity index (χ4v) is 3.24. The Kier molecular flexibility index (Phi) is 4.53. The van der Waals surface area contributed by atoms with E-state index in [2.05, 4.69) is 45.6 Å². The maximum atomic E-state index is 11.6. The third-order valence-corrected chi connectivity index (χ3v) is 4.38. The lowest BCUT2D eigenvalue weighted by atomic mass is 9.78. The number of hydrogen-bond acceptors (Lipinski definition) is 4. The molecular formula is C13H25NO2S. The summed E-state index contributed by atoms with van der Waals surface area (Å²) in [5, 5.41) is 3.45. The van der Waals surface area contributed by atoms with Gasteiger partial charge in [-0.25, -0.2) is 0 Å². The van der Waals surface area contributed by atoms with Gasteiger partial charge in [0.15, 0.2) is 0 Å². The summed E-state index contributed by atoms with van der Waals surface area (Å²) in [6, 6.07) is -0.00349. The molecule has 0 spiro atoms. The smallest absolute Gasteiger partial charge is 0.323 e. The Morgan fingerprint density at radius 3 is 2.18 bits per heavy atom. The Morgan fingerprint density at radius 1 is 1.35 bits per heavy atom. The number of carbonyl (C=O) groups is 1. The van der Waals surface area contributed by atoms with E-state index in [0.717, 1.165) is 0 Å². The predicted molar refractivity (Wildman–Crippen MR) is 73.4 cm³/mol. The molecule has 1 N–H and O–H groups in total. The summed E-state index contributed by atoms with van der Waals surface area (Å²) in [4.78, 5) is 11.6. The van der Waals surface area contributed by atoms with Crippen LogP contribution in [-0.2, 0) is 9.53 Å². The lowest BCUT2D eigenvalue weighted by Crippen LogP contribution is -2.53. The average molecular weight is 259 g/mol. The zero-order chi connectivity index (χ0) is 13.3. The molecule has 1 saturated carbocycles. The topological polar surface area (TPSA) is 38.3 Å². The van der Waals surface area contributed by atoms with Crippen molar-refractivity contribution in [3.05, 3.63) is 0 Å². The zero-order valence-corrected chi connectivity index (χ0v) is 12.4. The third-order valence-electron chi connectivity index (χ3n) is 4.01. The standard InChI is InChI=1S/C13H25NO2S/c1-12(2)6-7-13(3,4)11(12)14-9(8-17)10(15)16-5/h9,11,14,17H,6-8H2,1-5H3/t9-/m0/s1. The van der Waals surface area contributed by atoms with Crippen LogP contribution < -0.4 is 5.32 Å². The van der Waals surface area contributed by atoms with Gasteiger partial charge in [0, 0.05) is 11.8 Å². The maximum absolute atomic E-state index is 11.6. The van der Waals surface area contributed by atoms with Gasteiger partial charge in [-0.2, -0.15) is 12.6 Å². The summed E-state index contributed by atoms with van der Waals surface area (Å²) in [5.41, 5.74) is 0.414. The Balaban J connectivity index is 2.80. The van der Waals surface area contributed by atoms with Gasteiger partial charge in [0.25, 0.3) is 0 Å². The maximum Gasteiger partial charge on any atom is 0.323 e. The van der Waals surface area contributed by atoms with Gasteiger partial charge in [-0.3, -0.25) is 10.1 Å². The quantitative estimate of drug-likeness (QED) is 0.601. The van der Waals surface area contributed by atoms with E-state index in [1.54, 1.807) is 0 Å². The molecule has 4 heteroatoms. The monoisotopic (exact) mass is 259 g/mol. The lowest BCUT2D eigenvalue weighted by molar-refractivity contribution is -0.143. The van der Waals surface area contributed by atoms with E-state index in [9.17, 15) is 4.79 Å². The number of methoxy groups -OCH3 is 1. The van der Waals surface area contributed by atoms with E-state index < -0.39 is 0 Å². The number of thiol groups is 1. The van der Waals surface area contributed by atoms with Crippen LogP contribution in [0, 0.1) is 10.8 Å². The normalized spacial score (nSPS) is 24.6. The second-order valence-corrected chi connectivity index (χ2v) is 6.70. The molecule has 0 aromatic heterocycles. The number of ether oxygens (including phenoxy) is 1. The van der Waals surface area contributed by atoms with Gasteiger partial charge in [0.05, 0.1) is 7.11 Å². The van der Waals surface area contributed by atoms with Crippen molar-refractivity contribution < 1.29 is 9.53 Å². The average Bonchev–Trinajstić information content (AvgIpc) is 2.46. The molecule has 0 amide bonds.